The Labute approximate surface area is 145 Å². The molecule has 1 aromatic carbocycles. The molecule has 23 heavy (non-hydrogen) atoms. The number of likely N-dealkylation sites (N-methyl/N-ethyl adjacent to an activating group) is 1. The third kappa shape index (κ3) is 6.67. The second kappa shape index (κ2) is 11.1. The van der Waals surface area contributed by atoms with E-state index < -0.39 is 0 Å². The maximum atomic E-state index is 11.9. The summed E-state index contributed by atoms with van der Waals surface area (Å²) in [5.74, 6) is 1.70. The standard InChI is InChI=1S/C17H28N2O3.ClH/c1-6-21-14-9-8-13(10-15(14)22-7-2)17(12(3)4)19-16(20)11-18-5;/h8-10,12,17-18H,6-7,11H2,1-5H3,(H,19,20);1H. The first kappa shape index (κ1) is 21.5. The Morgan fingerprint density at radius 1 is 1.13 bits per heavy atom. The molecule has 1 aromatic rings. The fourth-order valence-corrected chi connectivity index (χ4v) is 2.28. The summed E-state index contributed by atoms with van der Waals surface area (Å²) in [6.07, 6.45) is 0. The highest BCUT2D eigenvalue weighted by atomic mass is 35.5. The summed E-state index contributed by atoms with van der Waals surface area (Å²) in [6.45, 7) is 9.52. The quantitative estimate of drug-likeness (QED) is 0.723. The Hall–Kier alpha value is -1.46. The lowest BCUT2D eigenvalue weighted by Gasteiger charge is -2.24. The number of amides is 1. The highest BCUT2D eigenvalue weighted by Gasteiger charge is 2.20. The molecular weight excluding hydrogens is 316 g/mol. The molecule has 6 heteroatoms. The number of carbonyl (C=O) groups is 1. The van der Waals surface area contributed by atoms with Gasteiger partial charge in [0.1, 0.15) is 0 Å². The third-order valence-electron chi connectivity index (χ3n) is 3.25. The van der Waals surface area contributed by atoms with Crippen molar-refractivity contribution in [3.8, 4) is 11.5 Å². The van der Waals surface area contributed by atoms with Crippen LogP contribution in [0.3, 0.4) is 0 Å². The van der Waals surface area contributed by atoms with E-state index in [0.717, 1.165) is 17.1 Å². The van der Waals surface area contributed by atoms with Gasteiger partial charge >= 0.3 is 0 Å². The van der Waals surface area contributed by atoms with E-state index in [9.17, 15) is 4.79 Å². The van der Waals surface area contributed by atoms with Gasteiger partial charge in [-0.15, -0.1) is 12.4 Å². The predicted molar refractivity (Wildman–Crippen MR) is 95.7 cm³/mol. The van der Waals surface area contributed by atoms with Crippen molar-refractivity contribution in [2.75, 3.05) is 26.8 Å². The fraction of sp³-hybridized carbons (Fsp3) is 0.588. The smallest absolute Gasteiger partial charge is 0.234 e. The van der Waals surface area contributed by atoms with Gasteiger partial charge in [0, 0.05) is 0 Å². The Morgan fingerprint density at radius 3 is 2.26 bits per heavy atom. The fourth-order valence-electron chi connectivity index (χ4n) is 2.28. The van der Waals surface area contributed by atoms with Crippen LogP contribution < -0.4 is 20.1 Å². The highest BCUT2D eigenvalue weighted by Crippen LogP contribution is 2.32. The molecule has 0 fully saturated rings. The van der Waals surface area contributed by atoms with Crippen molar-refractivity contribution in [1.29, 1.82) is 0 Å². The van der Waals surface area contributed by atoms with E-state index in [-0.39, 0.29) is 30.3 Å². The Morgan fingerprint density at radius 2 is 1.74 bits per heavy atom. The molecule has 0 aromatic heterocycles. The molecule has 1 amide bonds. The molecule has 2 N–H and O–H groups in total. The first-order valence-electron chi connectivity index (χ1n) is 7.86. The Balaban J connectivity index is 0.00000484. The van der Waals surface area contributed by atoms with Crippen molar-refractivity contribution in [2.24, 2.45) is 5.92 Å². The van der Waals surface area contributed by atoms with Crippen molar-refractivity contribution < 1.29 is 14.3 Å². The van der Waals surface area contributed by atoms with Crippen molar-refractivity contribution in [3.05, 3.63) is 23.8 Å². The number of benzene rings is 1. The molecule has 1 rings (SSSR count). The second-order valence-electron chi connectivity index (χ2n) is 5.39. The summed E-state index contributed by atoms with van der Waals surface area (Å²) >= 11 is 0. The predicted octanol–water partition coefficient (Wildman–Crippen LogP) is 2.94. The SMILES string of the molecule is CCOc1ccc(C(NC(=O)CNC)C(C)C)cc1OCC.Cl. The van der Waals surface area contributed by atoms with Gasteiger partial charge in [-0.2, -0.15) is 0 Å². The van der Waals surface area contributed by atoms with Crippen molar-refractivity contribution >= 4 is 18.3 Å². The molecule has 0 aliphatic rings. The average Bonchev–Trinajstić information content (AvgIpc) is 2.47. The Bertz CT molecular complexity index is 481. The summed E-state index contributed by atoms with van der Waals surface area (Å²) in [5, 5.41) is 5.92. The first-order valence-corrected chi connectivity index (χ1v) is 7.86. The van der Waals surface area contributed by atoms with Crippen LogP contribution in [-0.4, -0.2) is 32.7 Å². The molecule has 0 heterocycles. The molecule has 1 atom stereocenters. The first-order chi connectivity index (χ1) is 10.5. The monoisotopic (exact) mass is 344 g/mol. The zero-order chi connectivity index (χ0) is 16.5. The number of halogens is 1. The van der Waals surface area contributed by atoms with Crippen LogP contribution in [0.2, 0.25) is 0 Å². The maximum Gasteiger partial charge on any atom is 0.234 e. The summed E-state index contributed by atoms with van der Waals surface area (Å²) < 4.78 is 11.2. The zero-order valence-electron chi connectivity index (χ0n) is 14.6. The van der Waals surface area contributed by atoms with Crippen LogP contribution in [0.4, 0.5) is 0 Å². The lowest BCUT2D eigenvalue weighted by atomic mass is 9.95. The van der Waals surface area contributed by atoms with Gasteiger partial charge in [-0.3, -0.25) is 4.79 Å². The molecule has 0 saturated carbocycles. The van der Waals surface area contributed by atoms with Gasteiger partial charge in [0.05, 0.1) is 25.8 Å². The van der Waals surface area contributed by atoms with Crippen LogP contribution in [-0.2, 0) is 4.79 Å². The zero-order valence-corrected chi connectivity index (χ0v) is 15.5. The van der Waals surface area contributed by atoms with Crippen LogP contribution in [0.1, 0.15) is 39.3 Å². The van der Waals surface area contributed by atoms with E-state index in [1.807, 2.05) is 32.0 Å². The summed E-state index contributed by atoms with van der Waals surface area (Å²) in [5.41, 5.74) is 1.02. The molecule has 0 spiro atoms. The van der Waals surface area contributed by atoms with Crippen molar-refractivity contribution in [2.45, 2.75) is 33.7 Å². The number of ether oxygens (including phenoxy) is 2. The van der Waals surface area contributed by atoms with Gasteiger partial charge in [0.2, 0.25) is 5.91 Å². The third-order valence-corrected chi connectivity index (χ3v) is 3.25. The van der Waals surface area contributed by atoms with E-state index in [1.165, 1.54) is 0 Å². The minimum Gasteiger partial charge on any atom is -0.490 e. The van der Waals surface area contributed by atoms with E-state index >= 15 is 0 Å². The molecule has 0 aliphatic carbocycles. The lowest BCUT2D eigenvalue weighted by molar-refractivity contribution is -0.121. The molecule has 0 saturated heterocycles. The lowest BCUT2D eigenvalue weighted by Crippen LogP contribution is -2.37. The van der Waals surface area contributed by atoms with Crippen LogP contribution in [0.15, 0.2) is 18.2 Å². The topological polar surface area (TPSA) is 59.6 Å². The molecule has 132 valence electrons. The number of carbonyl (C=O) groups excluding carboxylic acids is 1. The van der Waals surface area contributed by atoms with Gasteiger partial charge in [-0.25, -0.2) is 0 Å². The van der Waals surface area contributed by atoms with Crippen molar-refractivity contribution in [1.82, 2.24) is 10.6 Å². The summed E-state index contributed by atoms with van der Waals surface area (Å²) in [4.78, 5) is 11.9. The minimum absolute atomic E-state index is 0. The molecule has 5 nitrogen and oxygen atoms in total. The number of hydrogen-bond acceptors (Lipinski definition) is 4. The molecule has 1 unspecified atom stereocenters. The molecule has 0 radical (unpaired) electrons. The number of nitrogens with one attached hydrogen (secondary N) is 2. The molecular formula is C17H29ClN2O3. The van der Waals surface area contributed by atoms with Gasteiger partial charge in [0.25, 0.3) is 0 Å². The number of hydrogen-bond donors (Lipinski definition) is 2. The normalized spacial score (nSPS) is 11.6. The van der Waals surface area contributed by atoms with Crippen molar-refractivity contribution in [3.63, 3.8) is 0 Å². The molecule has 0 bridgehead atoms. The van der Waals surface area contributed by atoms with Crippen LogP contribution in [0.25, 0.3) is 0 Å². The average molecular weight is 345 g/mol. The maximum absolute atomic E-state index is 11.9. The number of rotatable bonds is 9. The minimum atomic E-state index is -0.0595. The van der Waals surface area contributed by atoms with Crippen LogP contribution >= 0.6 is 12.4 Å². The van der Waals surface area contributed by atoms with Crippen LogP contribution in [0.5, 0.6) is 11.5 Å². The van der Waals surface area contributed by atoms with Gasteiger partial charge < -0.3 is 20.1 Å². The second-order valence-corrected chi connectivity index (χ2v) is 5.39. The summed E-state index contributed by atoms with van der Waals surface area (Å²) in [7, 11) is 1.76. The molecule has 0 aliphatic heterocycles. The van der Waals surface area contributed by atoms with E-state index in [1.54, 1.807) is 7.05 Å². The highest BCUT2D eigenvalue weighted by molar-refractivity contribution is 5.85. The Kier molecular flexibility index (Phi) is 10.4. The van der Waals surface area contributed by atoms with Gasteiger partial charge in [0.15, 0.2) is 11.5 Å². The van der Waals surface area contributed by atoms with Gasteiger partial charge in [-0.05, 0) is 44.5 Å². The van der Waals surface area contributed by atoms with Gasteiger partial charge in [-0.1, -0.05) is 19.9 Å². The largest absolute Gasteiger partial charge is 0.490 e. The van der Waals surface area contributed by atoms with E-state index in [2.05, 4.69) is 24.5 Å². The van der Waals surface area contributed by atoms with E-state index in [0.29, 0.717) is 19.8 Å². The van der Waals surface area contributed by atoms with E-state index in [4.69, 9.17) is 9.47 Å². The summed E-state index contributed by atoms with van der Waals surface area (Å²) in [6, 6.07) is 5.79. The van der Waals surface area contributed by atoms with Crippen LogP contribution in [0, 0.1) is 5.92 Å².